The van der Waals surface area contributed by atoms with Crippen molar-refractivity contribution in [2.24, 2.45) is 16.7 Å². The van der Waals surface area contributed by atoms with Crippen molar-refractivity contribution in [3.63, 3.8) is 0 Å². The molecule has 0 spiro atoms. The van der Waals surface area contributed by atoms with Gasteiger partial charge in [-0.15, -0.1) is 0 Å². The Balaban J connectivity index is 2.06. The number of carboxylic acid groups (broad SMARTS) is 1. The van der Waals surface area contributed by atoms with Crippen molar-refractivity contribution in [1.82, 2.24) is 10.2 Å². The van der Waals surface area contributed by atoms with E-state index in [1.807, 2.05) is 0 Å². The number of carbonyl (C=O) groups is 3. The van der Waals surface area contributed by atoms with Crippen molar-refractivity contribution in [3.8, 4) is 0 Å². The van der Waals surface area contributed by atoms with E-state index in [0.29, 0.717) is 26.2 Å². The number of nitrogens with zero attached hydrogens (tertiary/aromatic N) is 1. The maximum absolute atomic E-state index is 12.6. The minimum atomic E-state index is -0.915. The molecule has 1 unspecified atom stereocenters. The summed E-state index contributed by atoms with van der Waals surface area (Å²) in [5.74, 6) is -1.50. The number of fused-ring (bicyclic) bond motifs is 1. The molecule has 2 rings (SSSR count). The fourth-order valence-electron chi connectivity index (χ4n) is 3.22. The molecule has 0 radical (unpaired) electrons. The molecule has 3 atom stereocenters. The molecule has 7 nitrogen and oxygen atoms in total. The van der Waals surface area contributed by atoms with Crippen LogP contribution >= 0.6 is 0 Å². The maximum atomic E-state index is 12.6. The number of hydrogen-bond acceptors (Lipinski definition) is 4. The van der Waals surface area contributed by atoms with Gasteiger partial charge in [0.15, 0.2) is 0 Å². The molecule has 0 saturated carbocycles. The van der Waals surface area contributed by atoms with E-state index in [9.17, 15) is 19.5 Å². The molecular weight excluding hydrogens is 300 g/mol. The van der Waals surface area contributed by atoms with Crippen LogP contribution in [0.1, 0.15) is 34.1 Å². The number of likely N-dealkylation sites (tertiary alicyclic amines) is 1. The van der Waals surface area contributed by atoms with Crippen LogP contribution in [0, 0.1) is 16.7 Å². The van der Waals surface area contributed by atoms with Crippen LogP contribution in [-0.2, 0) is 19.1 Å². The van der Waals surface area contributed by atoms with E-state index in [1.165, 1.54) is 0 Å². The lowest BCUT2D eigenvalue weighted by molar-refractivity contribution is -0.157. The number of carbonyl (C=O) groups excluding carboxylic acids is 2. The fourth-order valence-corrected chi connectivity index (χ4v) is 3.22. The summed E-state index contributed by atoms with van der Waals surface area (Å²) in [5.41, 5.74) is -1.49. The molecule has 7 heteroatoms. The van der Waals surface area contributed by atoms with E-state index < -0.39 is 22.8 Å². The zero-order valence-corrected chi connectivity index (χ0v) is 14.2. The monoisotopic (exact) mass is 326 g/mol. The van der Waals surface area contributed by atoms with Gasteiger partial charge in [0.1, 0.15) is 6.04 Å². The minimum Gasteiger partial charge on any atom is -0.481 e. The van der Waals surface area contributed by atoms with Crippen LogP contribution in [0.5, 0.6) is 0 Å². The van der Waals surface area contributed by atoms with E-state index in [-0.39, 0.29) is 24.3 Å². The molecule has 130 valence electrons. The normalized spacial score (nSPS) is 28.9. The van der Waals surface area contributed by atoms with Gasteiger partial charge >= 0.3 is 5.97 Å². The average molecular weight is 326 g/mol. The quantitative estimate of drug-likeness (QED) is 0.787. The lowest BCUT2D eigenvalue weighted by atomic mass is 9.74. The Labute approximate surface area is 136 Å². The zero-order valence-electron chi connectivity index (χ0n) is 14.2. The van der Waals surface area contributed by atoms with Crippen molar-refractivity contribution in [3.05, 3.63) is 0 Å². The number of rotatable bonds is 3. The smallest absolute Gasteiger partial charge is 0.311 e. The van der Waals surface area contributed by atoms with Crippen LogP contribution in [0.15, 0.2) is 0 Å². The molecule has 0 aromatic heterocycles. The van der Waals surface area contributed by atoms with Gasteiger partial charge in [0.05, 0.1) is 12.0 Å². The number of aliphatic carboxylic acids is 1. The summed E-state index contributed by atoms with van der Waals surface area (Å²) < 4.78 is 5.39. The average Bonchev–Trinajstić information content (AvgIpc) is 2.86. The van der Waals surface area contributed by atoms with Gasteiger partial charge in [0, 0.05) is 31.0 Å². The van der Waals surface area contributed by atoms with Gasteiger partial charge in [0.2, 0.25) is 11.8 Å². The Hall–Kier alpha value is -1.63. The first kappa shape index (κ1) is 17.7. The van der Waals surface area contributed by atoms with Crippen molar-refractivity contribution in [2.45, 2.75) is 40.2 Å². The highest BCUT2D eigenvalue weighted by Crippen LogP contribution is 2.42. The van der Waals surface area contributed by atoms with Gasteiger partial charge in [-0.2, -0.15) is 0 Å². The van der Waals surface area contributed by atoms with Crippen LogP contribution in [0.4, 0.5) is 0 Å². The Morgan fingerprint density at radius 3 is 2.52 bits per heavy atom. The molecule has 2 amide bonds. The summed E-state index contributed by atoms with van der Waals surface area (Å²) in [4.78, 5) is 37.9. The molecule has 2 aliphatic heterocycles. The molecule has 2 aliphatic rings. The van der Waals surface area contributed by atoms with Gasteiger partial charge in [0.25, 0.3) is 0 Å². The number of carboxylic acids is 1. The molecule has 0 aromatic rings. The van der Waals surface area contributed by atoms with Crippen LogP contribution < -0.4 is 5.32 Å². The Kier molecular flexibility index (Phi) is 4.71. The highest BCUT2D eigenvalue weighted by molar-refractivity contribution is 5.90. The number of hydrogen-bond donors (Lipinski definition) is 2. The van der Waals surface area contributed by atoms with Crippen molar-refractivity contribution in [1.29, 1.82) is 0 Å². The first-order valence-electron chi connectivity index (χ1n) is 7.99. The lowest BCUT2D eigenvalue weighted by Gasteiger charge is -2.33. The van der Waals surface area contributed by atoms with Crippen LogP contribution in [0.2, 0.25) is 0 Å². The second-order valence-electron chi connectivity index (χ2n) is 7.65. The van der Waals surface area contributed by atoms with Crippen molar-refractivity contribution >= 4 is 17.8 Å². The minimum absolute atomic E-state index is 0.185. The van der Waals surface area contributed by atoms with Crippen LogP contribution in [0.3, 0.4) is 0 Å². The molecule has 23 heavy (non-hydrogen) atoms. The summed E-state index contributed by atoms with van der Waals surface area (Å²) >= 11 is 0. The Morgan fingerprint density at radius 2 is 2.00 bits per heavy atom. The zero-order chi connectivity index (χ0) is 17.4. The Morgan fingerprint density at radius 1 is 1.35 bits per heavy atom. The molecule has 0 aliphatic carbocycles. The third-order valence-corrected chi connectivity index (χ3v) is 4.84. The Bertz CT molecular complexity index is 513. The number of ether oxygens (including phenoxy) is 1. The number of amides is 2. The molecule has 2 saturated heterocycles. The molecular formula is C16H26N2O5. The van der Waals surface area contributed by atoms with E-state index in [2.05, 4.69) is 5.32 Å². The maximum Gasteiger partial charge on any atom is 0.311 e. The third-order valence-electron chi connectivity index (χ3n) is 4.84. The van der Waals surface area contributed by atoms with E-state index in [0.717, 1.165) is 0 Å². The fraction of sp³-hybridized carbons (Fsp3) is 0.812. The van der Waals surface area contributed by atoms with Gasteiger partial charge in [-0.25, -0.2) is 0 Å². The summed E-state index contributed by atoms with van der Waals surface area (Å²) in [6, 6.07) is -0.673. The van der Waals surface area contributed by atoms with Gasteiger partial charge in [-0.3, -0.25) is 14.4 Å². The van der Waals surface area contributed by atoms with E-state index in [4.69, 9.17) is 4.74 Å². The predicted octanol–water partition coefficient (Wildman–Crippen LogP) is 0.487. The number of nitrogens with one attached hydrogen (secondary N) is 1. The highest BCUT2D eigenvalue weighted by atomic mass is 16.5. The predicted molar refractivity (Wildman–Crippen MR) is 82.6 cm³/mol. The molecule has 2 fully saturated rings. The summed E-state index contributed by atoms with van der Waals surface area (Å²) in [7, 11) is 0. The molecule has 0 aromatic carbocycles. The third kappa shape index (κ3) is 3.34. The highest BCUT2D eigenvalue weighted by Gasteiger charge is 2.55. The topological polar surface area (TPSA) is 95.9 Å². The van der Waals surface area contributed by atoms with Crippen LogP contribution in [-0.4, -0.2) is 60.1 Å². The van der Waals surface area contributed by atoms with Crippen molar-refractivity contribution < 1.29 is 24.2 Å². The van der Waals surface area contributed by atoms with Gasteiger partial charge in [-0.05, 0) is 13.3 Å². The van der Waals surface area contributed by atoms with E-state index in [1.54, 1.807) is 32.6 Å². The summed E-state index contributed by atoms with van der Waals surface area (Å²) in [5, 5.41) is 12.3. The molecule has 2 N–H and O–H groups in total. The van der Waals surface area contributed by atoms with E-state index >= 15 is 0 Å². The SMILES string of the molecule is CC(NC(=O)C(C)(C)C)C(=O)N1C[C@H]2COCC[C@@]2(C(=O)O)C1. The van der Waals surface area contributed by atoms with Crippen LogP contribution in [0.25, 0.3) is 0 Å². The lowest BCUT2D eigenvalue weighted by Crippen LogP contribution is -2.50. The molecule has 2 heterocycles. The largest absolute Gasteiger partial charge is 0.481 e. The standard InChI is InChI=1S/C16H26N2O5/c1-10(17-13(20)15(2,3)4)12(19)18-7-11-8-23-6-5-16(11,9-18)14(21)22/h10-11H,5-9H2,1-4H3,(H,17,20)(H,21,22)/t10?,11-,16+/m0/s1. The summed E-state index contributed by atoms with van der Waals surface area (Å²) in [6.07, 6.45) is 0.416. The second kappa shape index (κ2) is 6.11. The first-order chi connectivity index (χ1) is 10.6. The van der Waals surface area contributed by atoms with Crippen molar-refractivity contribution in [2.75, 3.05) is 26.3 Å². The van der Waals surface area contributed by atoms with Gasteiger partial charge < -0.3 is 20.1 Å². The molecule has 0 bridgehead atoms. The van der Waals surface area contributed by atoms with Gasteiger partial charge in [-0.1, -0.05) is 20.8 Å². The first-order valence-corrected chi connectivity index (χ1v) is 7.99. The second-order valence-corrected chi connectivity index (χ2v) is 7.65. The summed E-state index contributed by atoms with van der Waals surface area (Å²) in [6.45, 7) is 8.28.